The third-order valence-corrected chi connectivity index (χ3v) is 7.72. The smallest absolute Gasteiger partial charge is 0.226 e. The summed E-state index contributed by atoms with van der Waals surface area (Å²) in [6.07, 6.45) is 3.61. The molecule has 0 bridgehead atoms. The third-order valence-electron chi connectivity index (χ3n) is 7.09. The van der Waals surface area contributed by atoms with E-state index in [1.54, 1.807) is 6.20 Å². The lowest BCUT2D eigenvalue weighted by Crippen LogP contribution is -2.29. The van der Waals surface area contributed by atoms with E-state index in [9.17, 15) is 4.79 Å². The zero-order valence-electron chi connectivity index (χ0n) is 22.6. The van der Waals surface area contributed by atoms with E-state index in [0.717, 1.165) is 39.7 Å². The minimum absolute atomic E-state index is 0.0895. The molecular formula is C30H31ClN6OS. The van der Waals surface area contributed by atoms with Crippen LogP contribution >= 0.6 is 23.8 Å². The van der Waals surface area contributed by atoms with Crippen molar-refractivity contribution in [2.45, 2.75) is 46.7 Å². The largest absolute Gasteiger partial charge is 0.351 e. The van der Waals surface area contributed by atoms with Gasteiger partial charge in [0.2, 0.25) is 5.91 Å². The van der Waals surface area contributed by atoms with E-state index >= 15 is 0 Å². The number of nitrogens with zero attached hydrogens (tertiary/aromatic N) is 4. The number of rotatable bonds is 6. The lowest BCUT2D eigenvalue weighted by Gasteiger charge is -2.28. The Morgan fingerprint density at radius 1 is 1.05 bits per heavy atom. The summed E-state index contributed by atoms with van der Waals surface area (Å²) in [5, 5.41) is 7.43. The predicted molar refractivity (Wildman–Crippen MR) is 161 cm³/mol. The average molecular weight is 559 g/mol. The molecule has 1 aliphatic rings. The molecule has 7 nitrogen and oxygen atoms in total. The Labute approximate surface area is 239 Å². The van der Waals surface area contributed by atoms with Gasteiger partial charge in [0, 0.05) is 35.4 Å². The Morgan fingerprint density at radius 2 is 1.82 bits per heavy atom. The molecule has 39 heavy (non-hydrogen) atoms. The van der Waals surface area contributed by atoms with Crippen LogP contribution in [0.25, 0.3) is 5.82 Å². The number of aromatic nitrogens is 3. The van der Waals surface area contributed by atoms with Gasteiger partial charge in [-0.05, 0) is 86.6 Å². The maximum absolute atomic E-state index is 12.3. The van der Waals surface area contributed by atoms with Crippen LogP contribution in [0.2, 0.25) is 5.02 Å². The number of carbonyl (C=O) groups excluding carboxylic acids is 1. The van der Waals surface area contributed by atoms with Crippen molar-refractivity contribution >= 4 is 46.2 Å². The molecule has 1 aromatic carbocycles. The maximum atomic E-state index is 12.3. The van der Waals surface area contributed by atoms with E-state index in [1.807, 2.05) is 62.5 Å². The SMILES string of the molecule is Cc1cccnc1-n1c(C)cc([C@@H]2[C@H](c3ccccn3)NC(=S)N2c2ccc(NC(=O)C(C)C)c(Cl)c2)c1C. The number of carbonyl (C=O) groups is 1. The van der Waals surface area contributed by atoms with Crippen LogP contribution in [0.5, 0.6) is 0 Å². The summed E-state index contributed by atoms with van der Waals surface area (Å²) in [6.45, 7) is 9.96. The molecule has 0 saturated carbocycles. The first-order valence-corrected chi connectivity index (χ1v) is 13.7. The third kappa shape index (κ3) is 5.02. The number of pyridine rings is 2. The fourth-order valence-electron chi connectivity index (χ4n) is 5.11. The number of amides is 1. The van der Waals surface area contributed by atoms with Crippen LogP contribution < -0.4 is 15.5 Å². The lowest BCUT2D eigenvalue weighted by molar-refractivity contribution is -0.118. The number of thiocarbonyl (C=S) groups is 1. The van der Waals surface area contributed by atoms with Crippen LogP contribution in [0.15, 0.2) is 67.0 Å². The van der Waals surface area contributed by atoms with Gasteiger partial charge in [0.15, 0.2) is 5.11 Å². The second-order valence-corrected chi connectivity index (χ2v) is 10.9. The van der Waals surface area contributed by atoms with Gasteiger partial charge in [-0.15, -0.1) is 0 Å². The van der Waals surface area contributed by atoms with Gasteiger partial charge in [-0.3, -0.25) is 9.78 Å². The van der Waals surface area contributed by atoms with E-state index in [1.165, 1.54) is 0 Å². The monoisotopic (exact) mass is 558 g/mol. The number of aryl methyl sites for hydroxylation is 2. The van der Waals surface area contributed by atoms with Crippen LogP contribution in [0.4, 0.5) is 11.4 Å². The molecule has 0 spiro atoms. The molecule has 2 N–H and O–H groups in total. The van der Waals surface area contributed by atoms with E-state index in [4.69, 9.17) is 23.8 Å². The van der Waals surface area contributed by atoms with E-state index in [2.05, 4.69) is 63.0 Å². The van der Waals surface area contributed by atoms with Crippen LogP contribution in [0.1, 0.15) is 54.1 Å². The Hall–Kier alpha value is -3.75. The highest BCUT2D eigenvalue weighted by molar-refractivity contribution is 7.80. The Kier molecular flexibility index (Phi) is 7.42. The fraction of sp³-hybridized carbons (Fsp3) is 0.267. The summed E-state index contributed by atoms with van der Waals surface area (Å²) in [6, 6.07) is 17.3. The number of hydrogen-bond donors (Lipinski definition) is 2. The van der Waals surface area contributed by atoms with Crippen molar-refractivity contribution < 1.29 is 4.79 Å². The summed E-state index contributed by atoms with van der Waals surface area (Å²) >= 11 is 12.6. The highest BCUT2D eigenvalue weighted by Crippen LogP contribution is 2.44. The molecular weight excluding hydrogens is 528 g/mol. The summed E-state index contributed by atoms with van der Waals surface area (Å²) in [5.74, 6) is 0.660. The number of benzene rings is 1. The van der Waals surface area contributed by atoms with Crippen LogP contribution in [-0.4, -0.2) is 25.6 Å². The molecule has 1 amide bonds. The first-order chi connectivity index (χ1) is 18.7. The van der Waals surface area contributed by atoms with Crippen molar-refractivity contribution in [3.05, 3.63) is 100 Å². The molecule has 2 atom stereocenters. The van der Waals surface area contributed by atoms with Gasteiger partial charge < -0.3 is 20.1 Å². The first-order valence-electron chi connectivity index (χ1n) is 12.9. The van der Waals surface area contributed by atoms with Crippen molar-refractivity contribution in [1.82, 2.24) is 19.9 Å². The minimum Gasteiger partial charge on any atom is -0.351 e. The van der Waals surface area contributed by atoms with E-state index < -0.39 is 0 Å². The summed E-state index contributed by atoms with van der Waals surface area (Å²) in [7, 11) is 0. The van der Waals surface area contributed by atoms with Gasteiger partial charge in [-0.1, -0.05) is 37.6 Å². The number of hydrogen-bond acceptors (Lipinski definition) is 4. The Morgan fingerprint density at radius 3 is 2.49 bits per heavy atom. The van der Waals surface area contributed by atoms with Crippen molar-refractivity contribution in [3.63, 3.8) is 0 Å². The topological polar surface area (TPSA) is 75.1 Å². The quantitative estimate of drug-likeness (QED) is 0.259. The normalized spacial score (nSPS) is 17.0. The molecule has 1 saturated heterocycles. The Bertz CT molecular complexity index is 1550. The van der Waals surface area contributed by atoms with Crippen molar-refractivity contribution in [3.8, 4) is 5.82 Å². The van der Waals surface area contributed by atoms with Crippen molar-refractivity contribution in [2.75, 3.05) is 10.2 Å². The molecule has 4 heterocycles. The lowest BCUT2D eigenvalue weighted by atomic mass is 9.96. The van der Waals surface area contributed by atoms with Crippen LogP contribution in [0.3, 0.4) is 0 Å². The molecule has 4 aromatic rings. The second-order valence-electron chi connectivity index (χ2n) is 10.1. The van der Waals surface area contributed by atoms with Gasteiger partial charge in [-0.25, -0.2) is 4.98 Å². The molecule has 200 valence electrons. The molecule has 3 aromatic heterocycles. The van der Waals surface area contributed by atoms with Gasteiger partial charge >= 0.3 is 0 Å². The van der Waals surface area contributed by atoms with Gasteiger partial charge in [0.25, 0.3) is 0 Å². The van der Waals surface area contributed by atoms with Crippen molar-refractivity contribution in [2.24, 2.45) is 5.92 Å². The Balaban J connectivity index is 1.63. The van der Waals surface area contributed by atoms with Gasteiger partial charge in [-0.2, -0.15) is 0 Å². The summed E-state index contributed by atoms with van der Waals surface area (Å²) < 4.78 is 2.19. The standard InChI is InChI=1S/C30H31ClN6OS/c1-17(2)29(38)34-24-12-11-21(16-23(24)31)37-27(26(35-30(37)39)25-10-6-7-13-32-25)22-15-19(4)36(20(22)5)28-18(3)9-8-14-33-28/h6-17,26-27H,1-5H3,(H,34,38)(H,35,39)/t26-,27+/m0/s1. The highest BCUT2D eigenvalue weighted by atomic mass is 35.5. The summed E-state index contributed by atoms with van der Waals surface area (Å²) in [4.78, 5) is 23.7. The minimum atomic E-state index is -0.205. The molecule has 9 heteroatoms. The molecule has 1 fully saturated rings. The van der Waals surface area contributed by atoms with Gasteiger partial charge in [0.05, 0.1) is 28.5 Å². The summed E-state index contributed by atoms with van der Waals surface area (Å²) in [5.41, 5.74) is 6.62. The molecule has 0 unspecified atom stereocenters. The maximum Gasteiger partial charge on any atom is 0.226 e. The molecule has 0 aliphatic carbocycles. The van der Waals surface area contributed by atoms with Crippen LogP contribution in [-0.2, 0) is 4.79 Å². The predicted octanol–water partition coefficient (Wildman–Crippen LogP) is 6.62. The van der Waals surface area contributed by atoms with Gasteiger partial charge in [0.1, 0.15) is 5.82 Å². The van der Waals surface area contributed by atoms with Crippen LogP contribution in [0, 0.1) is 26.7 Å². The molecule has 1 aliphatic heterocycles. The highest BCUT2D eigenvalue weighted by Gasteiger charge is 2.42. The zero-order chi connectivity index (χ0) is 27.8. The van der Waals surface area contributed by atoms with Crippen molar-refractivity contribution in [1.29, 1.82) is 0 Å². The first kappa shape index (κ1) is 26.8. The number of anilines is 2. The zero-order valence-corrected chi connectivity index (χ0v) is 24.1. The number of nitrogens with one attached hydrogen (secondary N) is 2. The number of halogens is 1. The molecule has 0 radical (unpaired) electrons. The second kappa shape index (κ2) is 10.8. The van der Waals surface area contributed by atoms with E-state index in [0.29, 0.717) is 15.8 Å². The average Bonchev–Trinajstić information content (AvgIpc) is 3.41. The van der Waals surface area contributed by atoms with E-state index in [-0.39, 0.29) is 23.9 Å². The molecule has 5 rings (SSSR count). The fourth-order valence-corrected chi connectivity index (χ4v) is 5.67.